The van der Waals surface area contributed by atoms with Crippen LogP contribution in [0.5, 0.6) is 0 Å². The number of nitrogens with two attached hydrogens (primary N) is 1. The molecule has 3 nitrogen and oxygen atoms in total. The minimum absolute atomic E-state index is 0.136. The molecule has 2 unspecified atom stereocenters. The van der Waals surface area contributed by atoms with Crippen LogP contribution in [0.25, 0.3) is 0 Å². The summed E-state index contributed by atoms with van der Waals surface area (Å²) in [6, 6.07) is 0.169. The second kappa shape index (κ2) is 6.17. The van der Waals surface area contributed by atoms with Crippen LogP contribution in [-0.2, 0) is 4.74 Å². The molecular weight excluding hydrogens is 152 g/mol. The third-order valence-corrected chi connectivity index (χ3v) is 1.78. The molecule has 12 heavy (non-hydrogen) atoms. The van der Waals surface area contributed by atoms with Gasteiger partial charge in [0.2, 0.25) is 0 Å². The molecule has 0 bridgehead atoms. The highest BCUT2D eigenvalue weighted by atomic mass is 16.5. The van der Waals surface area contributed by atoms with E-state index in [0.29, 0.717) is 0 Å². The van der Waals surface area contributed by atoms with E-state index in [1.807, 2.05) is 20.8 Å². The lowest BCUT2D eigenvalue weighted by atomic mass is 10.1. The molecule has 3 heteroatoms. The molecule has 0 aliphatic heterocycles. The van der Waals surface area contributed by atoms with Crippen molar-refractivity contribution in [2.24, 2.45) is 5.84 Å². The van der Waals surface area contributed by atoms with Crippen molar-refractivity contribution in [2.45, 2.75) is 39.3 Å². The van der Waals surface area contributed by atoms with Crippen molar-refractivity contribution in [3.8, 4) is 0 Å². The standard InChI is InChI=1S/C9H20N2O/c1-5-12-8(4)9(11-10)6-7(2)3/h8-9,11H,2,5-6,10H2,1,3-4H3. The Morgan fingerprint density at radius 3 is 2.58 bits per heavy atom. The van der Waals surface area contributed by atoms with Gasteiger partial charge in [0.15, 0.2) is 0 Å². The number of hydrogen-bond donors (Lipinski definition) is 2. The lowest BCUT2D eigenvalue weighted by Crippen LogP contribution is -2.44. The minimum Gasteiger partial charge on any atom is -0.377 e. The highest BCUT2D eigenvalue weighted by Crippen LogP contribution is 2.07. The van der Waals surface area contributed by atoms with Gasteiger partial charge < -0.3 is 4.74 Å². The second-order valence-electron chi connectivity index (χ2n) is 3.09. The van der Waals surface area contributed by atoms with Crippen molar-refractivity contribution in [1.82, 2.24) is 5.43 Å². The van der Waals surface area contributed by atoms with E-state index in [4.69, 9.17) is 10.6 Å². The lowest BCUT2D eigenvalue weighted by molar-refractivity contribution is 0.0477. The zero-order valence-corrected chi connectivity index (χ0v) is 8.26. The van der Waals surface area contributed by atoms with Crippen molar-refractivity contribution in [1.29, 1.82) is 0 Å². The molecule has 0 amide bonds. The number of rotatable bonds is 6. The van der Waals surface area contributed by atoms with Gasteiger partial charge in [-0.3, -0.25) is 11.3 Å². The summed E-state index contributed by atoms with van der Waals surface area (Å²) >= 11 is 0. The van der Waals surface area contributed by atoms with Gasteiger partial charge in [0, 0.05) is 6.61 Å². The van der Waals surface area contributed by atoms with Crippen LogP contribution in [0.3, 0.4) is 0 Å². The van der Waals surface area contributed by atoms with Crippen molar-refractivity contribution >= 4 is 0 Å². The minimum atomic E-state index is 0.136. The Balaban J connectivity index is 3.86. The molecule has 0 aromatic rings. The van der Waals surface area contributed by atoms with Gasteiger partial charge in [-0.2, -0.15) is 0 Å². The number of hydrogen-bond acceptors (Lipinski definition) is 3. The summed E-state index contributed by atoms with van der Waals surface area (Å²) in [4.78, 5) is 0. The number of hydrazine groups is 1. The smallest absolute Gasteiger partial charge is 0.0716 e. The first-order chi connectivity index (χ1) is 5.61. The van der Waals surface area contributed by atoms with Gasteiger partial charge in [0.25, 0.3) is 0 Å². The highest BCUT2D eigenvalue weighted by molar-refractivity contribution is 4.94. The normalized spacial score (nSPS) is 15.7. The molecule has 0 aromatic heterocycles. The zero-order valence-electron chi connectivity index (χ0n) is 8.26. The van der Waals surface area contributed by atoms with E-state index in [0.717, 1.165) is 18.6 Å². The first kappa shape index (κ1) is 11.6. The maximum atomic E-state index is 5.41. The maximum absolute atomic E-state index is 5.41. The Morgan fingerprint density at radius 2 is 2.25 bits per heavy atom. The molecule has 0 heterocycles. The average molecular weight is 172 g/mol. The van der Waals surface area contributed by atoms with Crippen LogP contribution in [0, 0.1) is 0 Å². The van der Waals surface area contributed by atoms with E-state index < -0.39 is 0 Å². The molecule has 0 spiro atoms. The predicted molar refractivity (Wildman–Crippen MR) is 51.6 cm³/mol. The fraction of sp³-hybridized carbons (Fsp3) is 0.778. The lowest BCUT2D eigenvalue weighted by Gasteiger charge is -2.22. The fourth-order valence-corrected chi connectivity index (χ4v) is 1.11. The van der Waals surface area contributed by atoms with Gasteiger partial charge in [-0.15, -0.1) is 6.58 Å². The Hall–Kier alpha value is -0.380. The van der Waals surface area contributed by atoms with Crippen LogP contribution in [0.15, 0.2) is 12.2 Å². The largest absolute Gasteiger partial charge is 0.377 e. The van der Waals surface area contributed by atoms with Gasteiger partial charge in [0.1, 0.15) is 0 Å². The first-order valence-corrected chi connectivity index (χ1v) is 4.33. The maximum Gasteiger partial charge on any atom is 0.0716 e. The van der Waals surface area contributed by atoms with Gasteiger partial charge >= 0.3 is 0 Å². The molecule has 3 N–H and O–H groups in total. The molecule has 2 atom stereocenters. The van der Waals surface area contributed by atoms with E-state index in [-0.39, 0.29) is 12.1 Å². The molecule has 0 aromatic carbocycles. The van der Waals surface area contributed by atoms with Gasteiger partial charge in [-0.05, 0) is 27.2 Å². The number of ether oxygens (including phenoxy) is 1. The summed E-state index contributed by atoms with van der Waals surface area (Å²) in [5.41, 5.74) is 3.85. The monoisotopic (exact) mass is 172 g/mol. The summed E-state index contributed by atoms with van der Waals surface area (Å²) in [7, 11) is 0. The van der Waals surface area contributed by atoms with Gasteiger partial charge in [0.05, 0.1) is 12.1 Å². The summed E-state index contributed by atoms with van der Waals surface area (Å²) in [5, 5.41) is 0. The van der Waals surface area contributed by atoms with Crippen molar-refractivity contribution < 1.29 is 4.74 Å². The van der Waals surface area contributed by atoms with Crippen LogP contribution >= 0.6 is 0 Å². The third kappa shape index (κ3) is 4.49. The third-order valence-electron chi connectivity index (χ3n) is 1.78. The van der Waals surface area contributed by atoms with Crippen LogP contribution in [0.1, 0.15) is 27.2 Å². The Morgan fingerprint density at radius 1 is 1.67 bits per heavy atom. The number of nitrogens with one attached hydrogen (secondary N) is 1. The molecule has 0 aliphatic carbocycles. The molecule has 72 valence electrons. The second-order valence-corrected chi connectivity index (χ2v) is 3.09. The fourth-order valence-electron chi connectivity index (χ4n) is 1.11. The molecule has 0 aliphatic rings. The Kier molecular flexibility index (Phi) is 5.98. The SMILES string of the molecule is C=C(C)CC(NN)C(C)OCC. The first-order valence-electron chi connectivity index (χ1n) is 4.33. The van der Waals surface area contributed by atoms with Crippen molar-refractivity contribution in [3.05, 3.63) is 12.2 Å². The van der Waals surface area contributed by atoms with Crippen LogP contribution in [0.2, 0.25) is 0 Å². The predicted octanol–water partition coefficient (Wildman–Crippen LogP) is 1.21. The Bertz CT molecular complexity index is 136. The van der Waals surface area contributed by atoms with E-state index >= 15 is 0 Å². The molecule has 0 fully saturated rings. The van der Waals surface area contributed by atoms with Gasteiger partial charge in [-0.25, -0.2) is 0 Å². The van der Waals surface area contributed by atoms with E-state index in [9.17, 15) is 0 Å². The van der Waals surface area contributed by atoms with Crippen molar-refractivity contribution in [3.63, 3.8) is 0 Å². The van der Waals surface area contributed by atoms with Crippen LogP contribution in [0.4, 0.5) is 0 Å². The molecular formula is C9H20N2O. The molecule has 0 rings (SSSR count). The Labute approximate surface area is 74.9 Å². The molecule has 0 radical (unpaired) electrons. The van der Waals surface area contributed by atoms with Crippen molar-refractivity contribution in [2.75, 3.05) is 6.61 Å². The van der Waals surface area contributed by atoms with E-state index in [2.05, 4.69) is 12.0 Å². The molecule has 0 saturated carbocycles. The summed E-state index contributed by atoms with van der Waals surface area (Å²) in [5.74, 6) is 5.38. The summed E-state index contributed by atoms with van der Waals surface area (Å²) in [6.07, 6.45) is 0.995. The summed E-state index contributed by atoms with van der Waals surface area (Å²) in [6.45, 7) is 10.5. The van der Waals surface area contributed by atoms with E-state index in [1.165, 1.54) is 0 Å². The highest BCUT2D eigenvalue weighted by Gasteiger charge is 2.15. The quantitative estimate of drug-likeness (QED) is 0.359. The van der Waals surface area contributed by atoms with Crippen LogP contribution < -0.4 is 11.3 Å². The summed E-state index contributed by atoms with van der Waals surface area (Å²) < 4.78 is 5.41. The molecule has 0 saturated heterocycles. The van der Waals surface area contributed by atoms with E-state index in [1.54, 1.807) is 0 Å². The zero-order chi connectivity index (χ0) is 9.56. The average Bonchev–Trinajstić information content (AvgIpc) is 2.00. The van der Waals surface area contributed by atoms with Crippen LogP contribution in [-0.4, -0.2) is 18.8 Å². The van der Waals surface area contributed by atoms with Gasteiger partial charge in [-0.1, -0.05) is 5.57 Å². The topological polar surface area (TPSA) is 47.3 Å².